The Morgan fingerprint density at radius 2 is 1.63 bits per heavy atom. The molecule has 1 aliphatic rings. The maximum absolute atomic E-state index is 7.75. The molecule has 4 aromatic carbocycles. The molecule has 0 unspecified atom stereocenters. The van der Waals surface area contributed by atoms with E-state index < -0.39 is 28.2 Å². The van der Waals surface area contributed by atoms with Crippen LogP contribution in [0.15, 0.2) is 114 Å². The van der Waals surface area contributed by atoms with Gasteiger partial charge in [-0.05, 0) is 46.2 Å². The van der Waals surface area contributed by atoms with Gasteiger partial charge in [0.15, 0.2) is 0 Å². The van der Waals surface area contributed by atoms with Crippen LogP contribution in [0, 0.1) is 19.0 Å². The van der Waals surface area contributed by atoms with E-state index in [0.717, 1.165) is 27.6 Å². The molecule has 0 atom stereocenters. The number of aryl methyl sites for hydroxylation is 1. The maximum atomic E-state index is 7.75. The normalized spacial score (nSPS) is 14.2. The summed E-state index contributed by atoms with van der Waals surface area (Å²) in [5.74, 6) is 7.14. The van der Waals surface area contributed by atoms with Crippen LogP contribution in [0.25, 0.3) is 55.6 Å². The molecule has 8 rings (SSSR count). The molecule has 0 amide bonds. The number of nitrogens with zero attached hydrogens (tertiary/aromatic N) is 2. The predicted molar refractivity (Wildman–Crippen MR) is 194 cm³/mol. The van der Waals surface area contributed by atoms with Gasteiger partial charge in [-0.25, -0.2) is 0 Å². The van der Waals surface area contributed by atoms with Crippen LogP contribution in [-0.4, -0.2) is 31.3 Å². The Labute approximate surface area is 293 Å². The molecule has 4 heterocycles. The van der Waals surface area contributed by atoms with Crippen LogP contribution in [0.4, 0.5) is 0 Å². The summed E-state index contributed by atoms with van der Waals surface area (Å²) < 4.78 is 31.1. The van der Waals surface area contributed by atoms with Crippen LogP contribution >= 0.6 is 0 Å². The second kappa shape index (κ2) is 12.5. The molecule has 0 bridgehead atoms. The number of aromatic nitrogens is 2. The van der Waals surface area contributed by atoms with E-state index in [1.54, 1.807) is 6.07 Å². The first-order valence-corrected chi connectivity index (χ1v) is 25.6. The standard InChI is InChI=1S/C26H20NOSi.C14H16GeN.Ir/c1-16-13-14-27-21(15-16)19-8-6-9-20-24-22(28-25(19)20)12-11-18-17-7-4-5-10-23(17)29(2,3)26(18)24;1-15(2,3)13-9-10-14(16-11-13)12-7-5-4-6-8-12;/h4-7,9-15H,1-3H3;4-7,9-11H,1-3H3;/q2*-1;/i1D3;;. The zero-order valence-electron chi connectivity index (χ0n) is 29.5. The van der Waals surface area contributed by atoms with Crippen molar-refractivity contribution in [1.82, 2.24) is 9.97 Å². The number of fused-ring (bicyclic) bond motifs is 7. The summed E-state index contributed by atoms with van der Waals surface area (Å²) in [7, 11) is -1.92. The zero-order chi connectivity index (χ0) is 33.8. The average Bonchev–Trinajstić information content (AvgIpc) is 3.57. The third-order valence-corrected chi connectivity index (χ3v) is 16.6. The minimum atomic E-state index is -2.19. The Morgan fingerprint density at radius 3 is 2.37 bits per heavy atom. The topological polar surface area (TPSA) is 38.9 Å². The van der Waals surface area contributed by atoms with Crippen LogP contribution in [0.3, 0.4) is 0 Å². The molecule has 7 aromatic rings. The van der Waals surface area contributed by atoms with Crippen molar-refractivity contribution in [3.05, 3.63) is 127 Å². The summed E-state index contributed by atoms with van der Waals surface area (Å²) >= 11 is -1.72. The Morgan fingerprint density at radius 1 is 0.804 bits per heavy atom. The first-order chi connectivity index (χ1) is 22.8. The van der Waals surface area contributed by atoms with E-state index in [2.05, 4.69) is 101 Å². The van der Waals surface area contributed by atoms with E-state index in [0.29, 0.717) is 16.8 Å². The molecular weight excluding hydrogens is 817 g/mol. The number of benzene rings is 4. The van der Waals surface area contributed by atoms with Gasteiger partial charge < -0.3 is 9.40 Å². The summed E-state index contributed by atoms with van der Waals surface area (Å²) in [5.41, 5.74) is 7.75. The third kappa shape index (κ3) is 5.75. The van der Waals surface area contributed by atoms with Crippen LogP contribution in [-0.2, 0) is 20.1 Å². The third-order valence-electron chi connectivity index (χ3n) is 8.74. The fourth-order valence-electron chi connectivity index (χ4n) is 6.41. The van der Waals surface area contributed by atoms with Gasteiger partial charge in [-0.2, -0.15) is 0 Å². The van der Waals surface area contributed by atoms with E-state index in [-0.39, 0.29) is 25.7 Å². The molecule has 0 spiro atoms. The van der Waals surface area contributed by atoms with Crippen LogP contribution < -0.4 is 14.8 Å². The molecule has 0 N–H and O–H groups in total. The van der Waals surface area contributed by atoms with Crippen molar-refractivity contribution in [3.63, 3.8) is 0 Å². The maximum Gasteiger partial charge on any atom is 0 e. The van der Waals surface area contributed by atoms with Gasteiger partial charge in [-0.1, -0.05) is 66.0 Å². The van der Waals surface area contributed by atoms with Crippen molar-refractivity contribution in [3.8, 4) is 33.6 Å². The molecule has 6 heteroatoms. The first kappa shape index (κ1) is 28.6. The van der Waals surface area contributed by atoms with Gasteiger partial charge in [0, 0.05) is 35.8 Å². The largest absolute Gasteiger partial charge is 0 e. The van der Waals surface area contributed by atoms with Crippen LogP contribution in [0.5, 0.6) is 0 Å². The first-order valence-electron chi connectivity index (χ1n) is 16.7. The van der Waals surface area contributed by atoms with Crippen molar-refractivity contribution >= 4 is 58.0 Å². The Balaban J connectivity index is 0.000000208. The summed E-state index contributed by atoms with van der Waals surface area (Å²) in [6, 6.07) is 38.7. The molecule has 0 saturated heterocycles. The second-order valence-corrected chi connectivity index (χ2v) is 28.1. The molecule has 1 aliphatic heterocycles. The van der Waals surface area contributed by atoms with Gasteiger partial charge in [0.1, 0.15) is 13.7 Å². The molecule has 3 aromatic heterocycles. The van der Waals surface area contributed by atoms with Gasteiger partial charge in [-0.3, -0.25) is 0 Å². The summed E-state index contributed by atoms with van der Waals surface area (Å²) in [6.45, 7) is 2.60. The fourth-order valence-corrected chi connectivity index (χ4v) is 12.0. The molecule has 0 aliphatic carbocycles. The zero-order valence-corrected chi connectivity index (χ0v) is 32.0. The van der Waals surface area contributed by atoms with Crippen molar-refractivity contribution in [2.24, 2.45) is 0 Å². The van der Waals surface area contributed by atoms with Crippen molar-refractivity contribution in [2.45, 2.75) is 37.2 Å². The number of furan rings is 1. The van der Waals surface area contributed by atoms with Crippen molar-refractivity contribution in [2.75, 3.05) is 0 Å². The van der Waals surface area contributed by atoms with Crippen LogP contribution in [0.1, 0.15) is 9.68 Å². The molecule has 46 heavy (non-hydrogen) atoms. The Hall–Kier alpha value is -3.61. The van der Waals surface area contributed by atoms with Gasteiger partial charge >= 0.3 is 99.8 Å². The molecule has 0 fully saturated rings. The van der Waals surface area contributed by atoms with Crippen molar-refractivity contribution in [1.29, 1.82) is 0 Å². The van der Waals surface area contributed by atoms with E-state index >= 15 is 0 Å². The van der Waals surface area contributed by atoms with E-state index in [4.69, 9.17) is 8.53 Å². The van der Waals surface area contributed by atoms with Gasteiger partial charge in [0.05, 0.1) is 5.58 Å². The molecule has 3 nitrogen and oxygen atoms in total. The number of hydrogen-bond acceptors (Lipinski definition) is 3. The second-order valence-electron chi connectivity index (χ2n) is 13.1. The summed E-state index contributed by atoms with van der Waals surface area (Å²) in [6.07, 6.45) is 3.58. The molecule has 1 radical (unpaired) electrons. The van der Waals surface area contributed by atoms with Gasteiger partial charge in [0.2, 0.25) is 0 Å². The fraction of sp³-hybridized carbons (Fsp3) is 0.150. The molecule has 0 saturated carbocycles. The smallest absolute Gasteiger partial charge is 0 e. The SMILES string of the molecule is [2H]C([2H])([2H])c1ccnc(-c2[c-]ccc3c2oc2ccc4c(c23)[Si](C)(C)c2ccccc2-4)c1.[CH3][Ge]([CH3])([CH3])[c]1ccc(-c2[c-]cccc2)nc1.[Ir]. The number of pyridine rings is 2. The number of rotatable bonds is 3. The van der Waals surface area contributed by atoms with Crippen molar-refractivity contribution < 1.29 is 28.6 Å². The quantitative estimate of drug-likeness (QED) is 0.132. The number of hydrogen-bond donors (Lipinski definition) is 0. The predicted octanol–water partition coefficient (Wildman–Crippen LogP) is 8.65. The molecule has 231 valence electrons. The van der Waals surface area contributed by atoms with Crippen LogP contribution in [0.2, 0.25) is 30.4 Å². The monoisotopic (exact) mass is 858 g/mol. The summed E-state index contributed by atoms with van der Waals surface area (Å²) in [5, 5.41) is 5.04. The van der Waals surface area contributed by atoms with E-state index in [1.807, 2.05) is 42.6 Å². The minimum Gasteiger partial charge on any atom is 0 e. The average molecular weight is 857 g/mol. The molecular formula is C40H36GeIrN2OSi-2. The Bertz CT molecular complexity index is 2300. The van der Waals surface area contributed by atoms with Gasteiger partial charge in [-0.15, -0.1) is 18.2 Å². The Kier molecular flexibility index (Phi) is 7.79. The summed E-state index contributed by atoms with van der Waals surface area (Å²) in [4.78, 5) is 8.98. The van der Waals surface area contributed by atoms with E-state index in [1.165, 1.54) is 38.2 Å². The van der Waals surface area contributed by atoms with Gasteiger partial charge in [0.25, 0.3) is 0 Å². The van der Waals surface area contributed by atoms with E-state index in [9.17, 15) is 0 Å². The minimum absolute atomic E-state index is 0.